The van der Waals surface area contributed by atoms with Gasteiger partial charge in [0.1, 0.15) is 0 Å². The number of aryl methyl sites for hydroxylation is 1. The van der Waals surface area contributed by atoms with Gasteiger partial charge in [-0.2, -0.15) is 0 Å². The quantitative estimate of drug-likeness (QED) is 0.548. The molecule has 0 fully saturated rings. The summed E-state index contributed by atoms with van der Waals surface area (Å²) in [6, 6.07) is 16.0. The van der Waals surface area contributed by atoms with Gasteiger partial charge in [0.15, 0.2) is 0 Å². The van der Waals surface area contributed by atoms with E-state index in [1.54, 1.807) is 11.8 Å². The first-order chi connectivity index (χ1) is 11.7. The standard InChI is InChI=1S/C19H19BrN2OS/c1-2-11-22-12-18(16-5-3-4-6-17(16)22)24-13-19(23)21-15-9-7-14(20)8-10-15/h3-10,12H,2,11,13H2,1H3,(H,21,23). The number of para-hydroxylation sites is 1. The lowest BCUT2D eigenvalue weighted by atomic mass is 10.2. The van der Waals surface area contributed by atoms with Crippen LogP contribution in [0.4, 0.5) is 5.69 Å². The maximum atomic E-state index is 12.2. The highest BCUT2D eigenvalue weighted by Crippen LogP contribution is 2.30. The van der Waals surface area contributed by atoms with Gasteiger partial charge in [-0.25, -0.2) is 0 Å². The van der Waals surface area contributed by atoms with E-state index < -0.39 is 0 Å². The summed E-state index contributed by atoms with van der Waals surface area (Å²) in [5.74, 6) is 0.408. The molecule has 0 saturated heterocycles. The minimum Gasteiger partial charge on any atom is -0.346 e. The van der Waals surface area contributed by atoms with E-state index in [2.05, 4.69) is 57.1 Å². The number of hydrogen-bond donors (Lipinski definition) is 1. The average molecular weight is 403 g/mol. The van der Waals surface area contributed by atoms with Crippen LogP contribution < -0.4 is 5.32 Å². The van der Waals surface area contributed by atoms with E-state index in [-0.39, 0.29) is 5.91 Å². The fraction of sp³-hybridized carbons (Fsp3) is 0.211. The number of amides is 1. The maximum absolute atomic E-state index is 12.2. The van der Waals surface area contributed by atoms with Crippen LogP contribution in [0.1, 0.15) is 13.3 Å². The van der Waals surface area contributed by atoms with Gasteiger partial charge in [0, 0.05) is 38.7 Å². The molecule has 0 aliphatic heterocycles. The molecule has 3 rings (SSSR count). The lowest BCUT2D eigenvalue weighted by Gasteiger charge is -2.05. The summed E-state index contributed by atoms with van der Waals surface area (Å²) in [5.41, 5.74) is 2.05. The Kier molecular flexibility index (Phi) is 5.63. The number of carbonyl (C=O) groups is 1. The van der Waals surface area contributed by atoms with E-state index in [0.717, 1.165) is 28.0 Å². The molecular weight excluding hydrogens is 384 g/mol. The summed E-state index contributed by atoms with van der Waals surface area (Å²) in [5, 5.41) is 4.15. The number of aromatic nitrogens is 1. The van der Waals surface area contributed by atoms with Crippen LogP contribution in [-0.4, -0.2) is 16.2 Å². The fourth-order valence-electron chi connectivity index (χ4n) is 2.63. The van der Waals surface area contributed by atoms with Crippen molar-refractivity contribution in [2.24, 2.45) is 0 Å². The van der Waals surface area contributed by atoms with Crippen LogP contribution in [0.3, 0.4) is 0 Å². The smallest absolute Gasteiger partial charge is 0.234 e. The average Bonchev–Trinajstić information content (AvgIpc) is 2.94. The molecule has 0 aliphatic rings. The maximum Gasteiger partial charge on any atom is 0.234 e. The van der Waals surface area contributed by atoms with Crippen LogP contribution in [0.15, 0.2) is 64.1 Å². The van der Waals surface area contributed by atoms with Crippen molar-refractivity contribution in [3.05, 3.63) is 59.2 Å². The molecule has 1 N–H and O–H groups in total. The number of anilines is 1. The third kappa shape index (κ3) is 4.02. The Labute approximate surface area is 154 Å². The second kappa shape index (κ2) is 7.90. The number of carbonyl (C=O) groups excluding carboxylic acids is 1. The Bertz CT molecular complexity index is 842. The summed E-state index contributed by atoms with van der Waals surface area (Å²) < 4.78 is 3.27. The van der Waals surface area contributed by atoms with E-state index in [0.29, 0.717) is 5.75 Å². The van der Waals surface area contributed by atoms with Gasteiger partial charge < -0.3 is 9.88 Å². The molecule has 3 aromatic rings. The second-order valence-corrected chi connectivity index (χ2v) is 7.48. The minimum absolute atomic E-state index is 0.00893. The van der Waals surface area contributed by atoms with Gasteiger partial charge in [-0.3, -0.25) is 4.79 Å². The molecular formula is C19H19BrN2OS. The Hall–Kier alpha value is -1.72. The number of fused-ring (bicyclic) bond motifs is 1. The summed E-state index contributed by atoms with van der Waals surface area (Å²) in [6.07, 6.45) is 3.25. The molecule has 5 heteroatoms. The number of hydrogen-bond acceptors (Lipinski definition) is 2. The Morgan fingerprint density at radius 1 is 1.17 bits per heavy atom. The van der Waals surface area contributed by atoms with Crippen molar-refractivity contribution in [3.8, 4) is 0 Å². The van der Waals surface area contributed by atoms with E-state index >= 15 is 0 Å². The van der Waals surface area contributed by atoms with Crippen molar-refractivity contribution in [1.82, 2.24) is 4.57 Å². The van der Waals surface area contributed by atoms with Gasteiger partial charge in [-0.15, -0.1) is 11.8 Å². The number of thioether (sulfide) groups is 1. The summed E-state index contributed by atoms with van der Waals surface area (Å²) in [4.78, 5) is 13.3. The SMILES string of the molecule is CCCn1cc(SCC(=O)Nc2ccc(Br)cc2)c2ccccc21. The third-order valence-corrected chi connectivity index (χ3v) is 5.27. The van der Waals surface area contributed by atoms with Gasteiger partial charge in [0.25, 0.3) is 0 Å². The molecule has 0 saturated carbocycles. The molecule has 124 valence electrons. The molecule has 24 heavy (non-hydrogen) atoms. The van der Waals surface area contributed by atoms with Crippen molar-refractivity contribution < 1.29 is 4.79 Å². The summed E-state index contributed by atoms with van der Waals surface area (Å²) >= 11 is 4.98. The van der Waals surface area contributed by atoms with Crippen LogP contribution >= 0.6 is 27.7 Å². The van der Waals surface area contributed by atoms with Gasteiger partial charge in [-0.05, 0) is 36.8 Å². The third-order valence-electron chi connectivity index (χ3n) is 3.70. The molecule has 1 heterocycles. The lowest BCUT2D eigenvalue weighted by molar-refractivity contribution is -0.113. The van der Waals surface area contributed by atoms with Gasteiger partial charge >= 0.3 is 0 Å². The van der Waals surface area contributed by atoms with Crippen LogP contribution in [0.25, 0.3) is 10.9 Å². The Morgan fingerprint density at radius 3 is 2.67 bits per heavy atom. The predicted octanol–water partition coefficient (Wildman–Crippen LogP) is 5.54. The zero-order valence-corrected chi connectivity index (χ0v) is 15.9. The van der Waals surface area contributed by atoms with Crippen molar-refractivity contribution in [3.63, 3.8) is 0 Å². The number of halogens is 1. The van der Waals surface area contributed by atoms with Crippen molar-refractivity contribution >= 4 is 50.2 Å². The number of nitrogens with zero attached hydrogens (tertiary/aromatic N) is 1. The lowest BCUT2D eigenvalue weighted by Crippen LogP contribution is -2.13. The minimum atomic E-state index is 0.00893. The largest absolute Gasteiger partial charge is 0.346 e. The molecule has 0 aliphatic carbocycles. The first-order valence-electron chi connectivity index (χ1n) is 7.93. The molecule has 0 atom stereocenters. The van der Waals surface area contributed by atoms with Crippen LogP contribution in [-0.2, 0) is 11.3 Å². The molecule has 0 unspecified atom stereocenters. The molecule has 1 amide bonds. The van der Waals surface area contributed by atoms with Crippen molar-refractivity contribution in [1.29, 1.82) is 0 Å². The van der Waals surface area contributed by atoms with E-state index in [9.17, 15) is 4.79 Å². The Balaban J connectivity index is 1.69. The number of nitrogens with one attached hydrogen (secondary N) is 1. The van der Waals surface area contributed by atoms with E-state index in [1.807, 2.05) is 30.3 Å². The zero-order valence-electron chi connectivity index (χ0n) is 13.5. The molecule has 1 aromatic heterocycles. The first-order valence-corrected chi connectivity index (χ1v) is 9.71. The van der Waals surface area contributed by atoms with Crippen molar-refractivity contribution in [2.45, 2.75) is 24.8 Å². The van der Waals surface area contributed by atoms with Crippen molar-refractivity contribution in [2.75, 3.05) is 11.1 Å². The molecule has 0 bridgehead atoms. The number of rotatable bonds is 6. The highest BCUT2D eigenvalue weighted by molar-refractivity contribution is 9.10. The molecule has 0 spiro atoms. The molecule has 0 radical (unpaired) electrons. The van der Waals surface area contributed by atoms with Gasteiger partial charge in [0.05, 0.1) is 5.75 Å². The predicted molar refractivity (Wildman–Crippen MR) is 106 cm³/mol. The zero-order chi connectivity index (χ0) is 16.9. The monoisotopic (exact) mass is 402 g/mol. The normalized spacial score (nSPS) is 10.9. The van der Waals surface area contributed by atoms with Crippen LogP contribution in [0.2, 0.25) is 0 Å². The highest BCUT2D eigenvalue weighted by Gasteiger charge is 2.10. The second-order valence-electron chi connectivity index (χ2n) is 5.55. The number of benzene rings is 2. The van der Waals surface area contributed by atoms with Crippen LogP contribution in [0, 0.1) is 0 Å². The first kappa shape index (κ1) is 17.1. The van der Waals surface area contributed by atoms with Gasteiger partial charge in [0.2, 0.25) is 5.91 Å². The topological polar surface area (TPSA) is 34.0 Å². The highest BCUT2D eigenvalue weighted by atomic mass is 79.9. The Morgan fingerprint density at radius 2 is 1.92 bits per heavy atom. The van der Waals surface area contributed by atoms with E-state index in [4.69, 9.17) is 0 Å². The summed E-state index contributed by atoms with van der Waals surface area (Å²) in [6.45, 7) is 3.17. The summed E-state index contributed by atoms with van der Waals surface area (Å²) in [7, 11) is 0. The molecule has 2 aromatic carbocycles. The van der Waals surface area contributed by atoms with Crippen LogP contribution in [0.5, 0.6) is 0 Å². The van der Waals surface area contributed by atoms with E-state index in [1.165, 1.54) is 10.9 Å². The molecule has 3 nitrogen and oxygen atoms in total. The van der Waals surface area contributed by atoms with Gasteiger partial charge in [-0.1, -0.05) is 41.1 Å². The fourth-order valence-corrected chi connectivity index (χ4v) is 3.78.